The molecule has 114 valence electrons. The Morgan fingerprint density at radius 1 is 0.950 bits per heavy atom. The molecule has 2 rings (SSSR count). The van der Waals surface area contributed by atoms with Crippen LogP contribution in [0.3, 0.4) is 0 Å². The van der Waals surface area contributed by atoms with E-state index in [1.807, 2.05) is 20.0 Å². The number of nitrogens with zero attached hydrogens (tertiary/aromatic N) is 3. The van der Waals surface area contributed by atoms with Crippen molar-refractivity contribution >= 4 is 5.82 Å². The third-order valence-electron chi connectivity index (χ3n) is 3.81. The van der Waals surface area contributed by atoms with Crippen LogP contribution in [0, 0.1) is 0 Å². The lowest BCUT2D eigenvalue weighted by Crippen LogP contribution is -2.49. The van der Waals surface area contributed by atoms with Gasteiger partial charge in [-0.05, 0) is 31.4 Å². The minimum absolute atomic E-state index is 0.560. The van der Waals surface area contributed by atoms with Crippen LogP contribution in [0.25, 0.3) is 0 Å². The van der Waals surface area contributed by atoms with Crippen LogP contribution in [0.15, 0.2) is 18.3 Å². The lowest BCUT2D eigenvalue weighted by molar-refractivity contribution is 0.209. The molecule has 0 N–H and O–H groups in total. The topological polar surface area (TPSA) is 19.4 Å². The van der Waals surface area contributed by atoms with Crippen molar-refractivity contribution in [3.05, 3.63) is 23.9 Å². The molecule has 0 amide bonds. The molecular weight excluding hydrogens is 246 g/mol. The van der Waals surface area contributed by atoms with E-state index >= 15 is 0 Å². The van der Waals surface area contributed by atoms with Crippen molar-refractivity contribution in [3.63, 3.8) is 0 Å². The number of aromatic nitrogens is 1. The summed E-state index contributed by atoms with van der Waals surface area (Å²) in [5.74, 6) is 1.69. The second-order valence-electron chi connectivity index (χ2n) is 5.72. The van der Waals surface area contributed by atoms with Crippen molar-refractivity contribution < 1.29 is 0 Å². The molecule has 0 aliphatic carbocycles. The Morgan fingerprint density at radius 2 is 1.55 bits per heavy atom. The standard InChI is InChI=1S/C15H25N3.C2H6/c1-12(2)14-5-6-15(16-11-14)18-9-7-17(8-10-18)13(3)4;1-2/h5-6,11-13H,7-10H2,1-4H3;1-2H3. The van der Waals surface area contributed by atoms with Gasteiger partial charge in [0.05, 0.1) is 0 Å². The minimum Gasteiger partial charge on any atom is -0.354 e. The number of hydrogen-bond donors (Lipinski definition) is 0. The van der Waals surface area contributed by atoms with E-state index in [0.717, 1.165) is 32.0 Å². The first-order valence-electron chi connectivity index (χ1n) is 8.03. The Hall–Kier alpha value is -1.09. The molecule has 0 radical (unpaired) electrons. The predicted octanol–water partition coefficient (Wildman–Crippen LogP) is 3.76. The van der Waals surface area contributed by atoms with Crippen LogP contribution in [-0.2, 0) is 0 Å². The summed E-state index contributed by atoms with van der Waals surface area (Å²) in [5, 5.41) is 0. The van der Waals surface area contributed by atoms with Gasteiger partial charge in [0, 0.05) is 38.4 Å². The maximum Gasteiger partial charge on any atom is 0.128 e. The maximum atomic E-state index is 4.60. The molecule has 1 fully saturated rings. The van der Waals surface area contributed by atoms with Crippen LogP contribution in [0.1, 0.15) is 53.0 Å². The molecule has 20 heavy (non-hydrogen) atoms. The van der Waals surface area contributed by atoms with Gasteiger partial charge in [-0.3, -0.25) is 4.90 Å². The van der Waals surface area contributed by atoms with Crippen LogP contribution in [0.4, 0.5) is 5.82 Å². The smallest absolute Gasteiger partial charge is 0.128 e. The quantitative estimate of drug-likeness (QED) is 0.838. The van der Waals surface area contributed by atoms with Crippen LogP contribution in [-0.4, -0.2) is 42.1 Å². The number of anilines is 1. The van der Waals surface area contributed by atoms with Gasteiger partial charge in [0.25, 0.3) is 0 Å². The molecule has 0 bridgehead atoms. The molecule has 1 aromatic rings. The Morgan fingerprint density at radius 3 is 1.95 bits per heavy atom. The molecule has 0 spiro atoms. The van der Waals surface area contributed by atoms with Crippen LogP contribution in [0.2, 0.25) is 0 Å². The van der Waals surface area contributed by atoms with Crippen molar-refractivity contribution in [2.24, 2.45) is 0 Å². The fourth-order valence-corrected chi connectivity index (χ4v) is 2.39. The zero-order valence-electron chi connectivity index (χ0n) is 14.1. The van der Waals surface area contributed by atoms with E-state index < -0.39 is 0 Å². The highest BCUT2D eigenvalue weighted by Crippen LogP contribution is 2.18. The Labute approximate surface area is 125 Å². The molecular formula is C17H31N3. The van der Waals surface area contributed by atoms with Crippen molar-refractivity contribution in [2.75, 3.05) is 31.1 Å². The fourth-order valence-electron chi connectivity index (χ4n) is 2.39. The average molecular weight is 277 g/mol. The zero-order chi connectivity index (χ0) is 15.1. The normalized spacial score (nSPS) is 16.3. The Kier molecular flexibility index (Phi) is 7.00. The summed E-state index contributed by atoms with van der Waals surface area (Å²) in [6.07, 6.45) is 2.02. The fraction of sp³-hybridized carbons (Fsp3) is 0.706. The summed E-state index contributed by atoms with van der Waals surface area (Å²) in [6.45, 7) is 17.4. The Bertz CT molecular complexity index is 362. The average Bonchev–Trinajstić information content (AvgIpc) is 2.49. The molecule has 0 aromatic carbocycles. The molecule has 1 aromatic heterocycles. The summed E-state index contributed by atoms with van der Waals surface area (Å²) in [4.78, 5) is 9.52. The van der Waals surface area contributed by atoms with Gasteiger partial charge in [-0.2, -0.15) is 0 Å². The first-order chi connectivity index (χ1) is 9.58. The lowest BCUT2D eigenvalue weighted by Gasteiger charge is -2.37. The highest BCUT2D eigenvalue weighted by molar-refractivity contribution is 5.40. The predicted molar refractivity (Wildman–Crippen MR) is 88.6 cm³/mol. The molecule has 3 nitrogen and oxygen atoms in total. The first kappa shape index (κ1) is 17.0. The van der Waals surface area contributed by atoms with E-state index in [-0.39, 0.29) is 0 Å². The molecule has 1 aliphatic heterocycles. The van der Waals surface area contributed by atoms with Crippen LogP contribution in [0.5, 0.6) is 0 Å². The van der Waals surface area contributed by atoms with Gasteiger partial charge in [0.15, 0.2) is 0 Å². The van der Waals surface area contributed by atoms with Crippen molar-refractivity contribution in [1.29, 1.82) is 0 Å². The molecule has 1 aliphatic rings. The molecule has 2 heterocycles. The molecule has 0 unspecified atom stereocenters. The summed E-state index contributed by atoms with van der Waals surface area (Å²) in [6, 6.07) is 5.03. The zero-order valence-corrected chi connectivity index (χ0v) is 14.1. The van der Waals surface area contributed by atoms with Crippen molar-refractivity contribution in [2.45, 2.75) is 53.5 Å². The second kappa shape index (κ2) is 8.25. The van der Waals surface area contributed by atoms with Crippen molar-refractivity contribution in [1.82, 2.24) is 9.88 Å². The third-order valence-corrected chi connectivity index (χ3v) is 3.81. The van der Waals surface area contributed by atoms with Crippen molar-refractivity contribution in [3.8, 4) is 0 Å². The van der Waals surface area contributed by atoms with E-state index in [2.05, 4.69) is 54.6 Å². The number of hydrogen-bond acceptors (Lipinski definition) is 3. The maximum absolute atomic E-state index is 4.60. The summed E-state index contributed by atoms with van der Waals surface area (Å²) in [7, 11) is 0. The molecule has 1 saturated heterocycles. The minimum atomic E-state index is 0.560. The van der Waals surface area contributed by atoms with Crippen LogP contribution < -0.4 is 4.90 Å². The van der Waals surface area contributed by atoms with E-state index in [0.29, 0.717) is 12.0 Å². The number of piperazine rings is 1. The second-order valence-corrected chi connectivity index (χ2v) is 5.72. The van der Waals surface area contributed by atoms with Gasteiger partial charge < -0.3 is 4.90 Å². The van der Waals surface area contributed by atoms with Gasteiger partial charge in [0.2, 0.25) is 0 Å². The highest BCUT2D eigenvalue weighted by atomic mass is 15.3. The highest BCUT2D eigenvalue weighted by Gasteiger charge is 2.19. The molecule has 0 atom stereocenters. The van der Waals surface area contributed by atoms with E-state index in [1.54, 1.807) is 0 Å². The third kappa shape index (κ3) is 4.48. The van der Waals surface area contributed by atoms with Gasteiger partial charge in [-0.15, -0.1) is 0 Å². The van der Waals surface area contributed by atoms with E-state index in [1.165, 1.54) is 5.56 Å². The van der Waals surface area contributed by atoms with Gasteiger partial charge in [-0.25, -0.2) is 4.98 Å². The van der Waals surface area contributed by atoms with Gasteiger partial charge >= 0.3 is 0 Å². The lowest BCUT2D eigenvalue weighted by atomic mass is 10.1. The first-order valence-corrected chi connectivity index (χ1v) is 8.03. The SMILES string of the molecule is CC.CC(C)c1ccc(N2CCN(C(C)C)CC2)nc1. The summed E-state index contributed by atoms with van der Waals surface area (Å²) >= 11 is 0. The summed E-state index contributed by atoms with van der Waals surface area (Å²) in [5.41, 5.74) is 1.32. The summed E-state index contributed by atoms with van der Waals surface area (Å²) < 4.78 is 0. The van der Waals surface area contributed by atoms with Gasteiger partial charge in [0.1, 0.15) is 5.82 Å². The number of rotatable bonds is 3. The van der Waals surface area contributed by atoms with Gasteiger partial charge in [-0.1, -0.05) is 33.8 Å². The van der Waals surface area contributed by atoms with Crippen LogP contribution >= 0.6 is 0 Å². The van der Waals surface area contributed by atoms with E-state index in [4.69, 9.17) is 0 Å². The number of pyridine rings is 1. The molecule has 3 heteroatoms. The Balaban J connectivity index is 0.000000956. The van der Waals surface area contributed by atoms with E-state index in [9.17, 15) is 0 Å². The monoisotopic (exact) mass is 277 g/mol. The molecule has 0 saturated carbocycles. The largest absolute Gasteiger partial charge is 0.354 e.